The maximum absolute atomic E-state index is 12.4. The summed E-state index contributed by atoms with van der Waals surface area (Å²) in [7, 11) is -1.69. The van der Waals surface area contributed by atoms with Gasteiger partial charge in [0.1, 0.15) is 12.2 Å². The first-order valence-electron chi connectivity index (χ1n) is 6.83. The van der Waals surface area contributed by atoms with Crippen molar-refractivity contribution in [2.45, 2.75) is 11.3 Å². The van der Waals surface area contributed by atoms with E-state index >= 15 is 0 Å². The monoisotopic (exact) mass is 389 g/mol. The van der Waals surface area contributed by atoms with E-state index in [-0.39, 0.29) is 21.7 Å². The third kappa shape index (κ3) is 3.63. The molecule has 1 unspecified atom stereocenters. The molecule has 0 spiro atoms. The van der Waals surface area contributed by atoms with Gasteiger partial charge in [-0.1, -0.05) is 0 Å². The molecule has 3 heterocycles. The number of fused-ring (bicyclic) bond motifs is 1. The molecule has 3 aromatic rings. The number of aromatic amines is 2. The molecule has 10 nitrogen and oxygen atoms in total. The SMILES string of the molecule is CS(=O)c1nc(=NCC(F)(F)F)n2ncc(=Cc3[nH]c(=O)[nH]c3O)c2n1. The van der Waals surface area contributed by atoms with Crippen LogP contribution >= 0.6 is 0 Å². The Bertz CT molecular complexity index is 1180. The van der Waals surface area contributed by atoms with Crippen LogP contribution in [-0.4, -0.2) is 57.8 Å². The molecule has 0 aromatic carbocycles. The summed E-state index contributed by atoms with van der Waals surface area (Å²) in [4.78, 5) is 26.7. The van der Waals surface area contributed by atoms with Crippen molar-refractivity contribution in [1.82, 2.24) is 29.5 Å². The summed E-state index contributed by atoms with van der Waals surface area (Å²) in [5, 5.41) is 13.5. The Hall–Kier alpha value is -3.03. The summed E-state index contributed by atoms with van der Waals surface area (Å²) >= 11 is 0. The van der Waals surface area contributed by atoms with Gasteiger partial charge in [-0.15, -0.1) is 0 Å². The molecule has 0 amide bonds. The molecule has 1 atom stereocenters. The van der Waals surface area contributed by atoms with E-state index in [0.29, 0.717) is 0 Å². The lowest BCUT2D eigenvalue weighted by Crippen LogP contribution is -2.27. The highest BCUT2D eigenvalue weighted by atomic mass is 32.2. The second-order valence-electron chi connectivity index (χ2n) is 5.01. The zero-order valence-electron chi connectivity index (χ0n) is 12.9. The summed E-state index contributed by atoms with van der Waals surface area (Å²) < 4.78 is 49.9. The average molecular weight is 389 g/mol. The first-order valence-corrected chi connectivity index (χ1v) is 8.39. The van der Waals surface area contributed by atoms with Gasteiger partial charge >= 0.3 is 11.9 Å². The smallest absolute Gasteiger partial charge is 0.408 e. The van der Waals surface area contributed by atoms with Crippen LogP contribution in [0.25, 0.3) is 11.7 Å². The number of rotatable bonds is 3. The van der Waals surface area contributed by atoms with Crippen LogP contribution in [0.1, 0.15) is 5.69 Å². The molecule has 0 bridgehead atoms. The molecule has 138 valence electrons. The van der Waals surface area contributed by atoms with E-state index in [9.17, 15) is 27.3 Å². The molecule has 14 heteroatoms. The van der Waals surface area contributed by atoms with Crippen LogP contribution in [0.15, 0.2) is 21.1 Å². The van der Waals surface area contributed by atoms with Gasteiger partial charge in [0.2, 0.25) is 11.0 Å². The number of aromatic nitrogens is 6. The Morgan fingerprint density at radius 2 is 2.12 bits per heavy atom. The Labute approximate surface area is 143 Å². The zero-order chi connectivity index (χ0) is 19.1. The van der Waals surface area contributed by atoms with Crippen molar-refractivity contribution in [2.75, 3.05) is 12.8 Å². The van der Waals surface area contributed by atoms with E-state index in [2.05, 4.69) is 30.0 Å². The summed E-state index contributed by atoms with van der Waals surface area (Å²) in [6.07, 6.45) is -0.780. The third-order valence-corrected chi connectivity index (χ3v) is 3.75. The van der Waals surface area contributed by atoms with Gasteiger partial charge in [0, 0.05) is 11.5 Å². The minimum Gasteiger partial charge on any atom is -0.493 e. The summed E-state index contributed by atoms with van der Waals surface area (Å²) in [6.45, 7) is -1.50. The molecule has 26 heavy (non-hydrogen) atoms. The second-order valence-corrected chi connectivity index (χ2v) is 6.29. The summed E-state index contributed by atoms with van der Waals surface area (Å²) in [5.41, 5.74) is -1.07. The molecule has 0 aliphatic carbocycles. The van der Waals surface area contributed by atoms with Gasteiger partial charge in [-0.05, 0) is 6.08 Å². The highest BCUT2D eigenvalue weighted by molar-refractivity contribution is 7.84. The first kappa shape index (κ1) is 17.8. The van der Waals surface area contributed by atoms with Crippen molar-refractivity contribution in [3.8, 4) is 5.88 Å². The lowest BCUT2D eigenvalue weighted by atomic mass is 10.3. The summed E-state index contributed by atoms with van der Waals surface area (Å²) in [6, 6.07) is 0. The van der Waals surface area contributed by atoms with Crippen LogP contribution in [-0.2, 0) is 10.8 Å². The van der Waals surface area contributed by atoms with Crippen molar-refractivity contribution in [1.29, 1.82) is 0 Å². The topological polar surface area (TPSA) is 141 Å². The third-order valence-electron chi connectivity index (χ3n) is 3.05. The number of imidazole rings is 1. The molecule has 3 rings (SSSR count). The Kier molecular flexibility index (Phi) is 4.35. The highest BCUT2D eigenvalue weighted by Gasteiger charge is 2.26. The van der Waals surface area contributed by atoms with Gasteiger partial charge in [-0.2, -0.15) is 32.8 Å². The number of aromatic hydroxyl groups is 1. The van der Waals surface area contributed by atoms with Gasteiger partial charge in [0.25, 0.3) is 5.62 Å². The number of halogens is 3. The van der Waals surface area contributed by atoms with Gasteiger partial charge < -0.3 is 10.1 Å². The minimum absolute atomic E-state index is 0.00701. The quantitative estimate of drug-likeness (QED) is 0.503. The predicted molar refractivity (Wildman–Crippen MR) is 81.5 cm³/mol. The van der Waals surface area contributed by atoms with Crippen molar-refractivity contribution < 1.29 is 22.5 Å². The van der Waals surface area contributed by atoms with E-state index in [1.165, 1.54) is 18.5 Å². The fourth-order valence-electron chi connectivity index (χ4n) is 2.00. The van der Waals surface area contributed by atoms with Crippen LogP contribution in [0.4, 0.5) is 13.2 Å². The van der Waals surface area contributed by atoms with Gasteiger partial charge in [0.05, 0.1) is 17.0 Å². The number of alkyl halides is 3. The van der Waals surface area contributed by atoms with Crippen LogP contribution in [0.3, 0.4) is 0 Å². The van der Waals surface area contributed by atoms with Crippen molar-refractivity contribution >= 4 is 22.5 Å². The number of nitrogens with one attached hydrogen (secondary N) is 2. The number of nitrogens with zero attached hydrogens (tertiary/aromatic N) is 5. The van der Waals surface area contributed by atoms with Crippen LogP contribution in [0.2, 0.25) is 0 Å². The lowest BCUT2D eigenvalue weighted by Gasteiger charge is -2.01. The van der Waals surface area contributed by atoms with E-state index in [4.69, 9.17) is 0 Å². The lowest BCUT2D eigenvalue weighted by molar-refractivity contribution is -0.118. The van der Waals surface area contributed by atoms with E-state index < -0.39 is 40.7 Å². The average Bonchev–Trinajstić information content (AvgIpc) is 3.07. The Balaban J connectivity index is 2.28. The molecule has 0 saturated carbocycles. The van der Waals surface area contributed by atoms with Crippen LogP contribution in [0, 0.1) is 0 Å². The molecule has 0 radical (unpaired) electrons. The van der Waals surface area contributed by atoms with Crippen LogP contribution in [0.5, 0.6) is 5.88 Å². The fraction of sp³-hybridized carbons (Fsp3) is 0.250. The number of H-pyrrole nitrogens is 2. The van der Waals surface area contributed by atoms with Crippen molar-refractivity contribution in [3.05, 3.63) is 33.2 Å². The molecule has 0 aliphatic heterocycles. The van der Waals surface area contributed by atoms with Crippen LogP contribution < -0.4 is 16.5 Å². The first-order chi connectivity index (χ1) is 12.1. The van der Waals surface area contributed by atoms with Gasteiger partial charge in [-0.3, -0.25) is 9.19 Å². The number of hydrogen-bond donors (Lipinski definition) is 3. The zero-order valence-corrected chi connectivity index (χ0v) is 13.7. The molecule has 0 saturated heterocycles. The highest BCUT2D eigenvalue weighted by Crippen LogP contribution is 2.13. The fourth-order valence-corrected chi connectivity index (χ4v) is 2.43. The van der Waals surface area contributed by atoms with Gasteiger partial charge in [-0.25, -0.2) is 9.79 Å². The largest absolute Gasteiger partial charge is 0.493 e. The Morgan fingerprint density at radius 3 is 2.69 bits per heavy atom. The maximum atomic E-state index is 12.4. The molecular formula is C12H10F3N7O3S. The predicted octanol–water partition coefficient (Wildman–Crippen LogP) is -1.41. The molecule has 3 aromatic heterocycles. The normalized spacial score (nSPS) is 15.1. The second kappa shape index (κ2) is 6.36. The molecule has 3 N–H and O–H groups in total. The Morgan fingerprint density at radius 1 is 1.38 bits per heavy atom. The standard InChI is InChI=1S/C12H10F3N7O3S/c1-26(25)11-19-7-5(2-6-8(23)20-10(24)18-6)3-17-22(7)9(21-11)16-4-12(13,14)15/h2-3,23H,4H2,1H3,(H2,18,20,24). The van der Waals surface area contributed by atoms with Crippen molar-refractivity contribution in [3.63, 3.8) is 0 Å². The van der Waals surface area contributed by atoms with E-state index in [1.807, 2.05) is 0 Å². The summed E-state index contributed by atoms with van der Waals surface area (Å²) in [5.74, 6) is -0.440. The van der Waals surface area contributed by atoms with E-state index in [0.717, 1.165) is 4.52 Å². The van der Waals surface area contributed by atoms with Crippen molar-refractivity contribution in [2.24, 2.45) is 4.99 Å². The molecular weight excluding hydrogens is 379 g/mol. The van der Waals surface area contributed by atoms with E-state index in [1.54, 1.807) is 0 Å². The molecule has 0 aliphatic rings. The molecule has 0 fully saturated rings. The maximum Gasteiger partial charge on any atom is 0.408 e. The van der Waals surface area contributed by atoms with Gasteiger partial charge in [0.15, 0.2) is 5.65 Å². The minimum atomic E-state index is -4.55. The number of hydrogen-bond acceptors (Lipinski definition) is 7.